The van der Waals surface area contributed by atoms with Gasteiger partial charge in [0.1, 0.15) is 31.5 Å². The molecule has 1 aliphatic heterocycles. The first kappa shape index (κ1) is 18.6. The molecule has 0 N–H and O–H groups in total. The summed E-state index contributed by atoms with van der Waals surface area (Å²) in [6, 6.07) is 7.87. The average Bonchev–Trinajstić information content (AvgIpc) is 2.65. The topological polar surface area (TPSA) is 42.2 Å². The summed E-state index contributed by atoms with van der Waals surface area (Å²) in [5.74, 6) is 0.729. The van der Waals surface area contributed by atoms with Gasteiger partial charge in [-0.2, -0.15) is 5.26 Å². The van der Waals surface area contributed by atoms with Gasteiger partial charge < -0.3 is 14.0 Å². The fraction of sp³-hybridized carbons (Fsp3) is 0.562. The summed E-state index contributed by atoms with van der Waals surface area (Å²) in [4.78, 5) is 0. The number of nitriles is 1. The predicted octanol–water partition coefficient (Wildman–Crippen LogP) is 2.11. The monoisotopic (exact) mass is 364 g/mol. The van der Waals surface area contributed by atoms with Gasteiger partial charge >= 0.3 is 0 Å². The first-order chi connectivity index (χ1) is 9.64. The van der Waals surface area contributed by atoms with E-state index in [4.69, 9.17) is 14.7 Å². The number of nitrogens with zero attached hydrogens (tertiary/aromatic N) is 2. The second kappa shape index (κ2) is 8.85. The van der Waals surface area contributed by atoms with Crippen LogP contribution in [0.5, 0.6) is 5.75 Å². The van der Waals surface area contributed by atoms with Crippen LogP contribution in [0, 0.1) is 18.3 Å². The van der Waals surface area contributed by atoms with Crippen molar-refractivity contribution in [1.82, 2.24) is 0 Å². The van der Waals surface area contributed by atoms with Crippen LogP contribution in [0.1, 0.15) is 17.5 Å². The maximum atomic E-state index is 9.13. The molecule has 0 saturated carbocycles. The summed E-state index contributed by atoms with van der Waals surface area (Å²) < 4.78 is 12.4. The number of ether oxygens (including phenoxy) is 2. The molecule has 1 aliphatic rings. The van der Waals surface area contributed by atoms with Crippen LogP contribution in [0.15, 0.2) is 18.2 Å². The summed E-state index contributed by atoms with van der Waals surface area (Å²) in [6.07, 6.45) is 1.10. The number of aryl methyl sites for hydroxylation is 1. The molecule has 4 nitrogen and oxygen atoms in total. The Bertz CT molecular complexity index is 492. The van der Waals surface area contributed by atoms with E-state index in [0.717, 1.165) is 55.1 Å². The molecular formula is C16H23N2O2Y+. The molecule has 0 bridgehead atoms. The van der Waals surface area contributed by atoms with Crippen molar-refractivity contribution in [3.63, 3.8) is 0 Å². The molecule has 2 rings (SSSR count). The van der Waals surface area contributed by atoms with Gasteiger partial charge in [0.15, 0.2) is 0 Å². The van der Waals surface area contributed by atoms with E-state index in [1.807, 2.05) is 19.1 Å². The molecule has 1 unspecified atom stereocenters. The molecule has 1 radical (unpaired) electrons. The van der Waals surface area contributed by atoms with E-state index in [-0.39, 0.29) is 32.7 Å². The molecule has 1 aromatic rings. The predicted molar refractivity (Wildman–Crippen MR) is 77.6 cm³/mol. The van der Waals surface area contributed by atoms with E-state index in [2.05, 4.69) is 13.1 Å². The minimum Gasteiger partial charge on any atom is -0.486 e. The normalized spacial score (nSPS) is 21.8. The first-order valence-corrected chi connectivity index (χ1v) is 7.18. The van der Waals surface area contributed by atoms with Gasteiger partial charge in [-0.15, -0.1) is 0 Å². The van der Waals surface area contributed by atoms with Gasteiger partial charge in [-0.3, -0.25) is 0 Å². The molecule has 0 aromatic heterocycles. The third-order valence-corrected chi connectivity index (χ3v) is 3.97. The molecule has 1 atom stereocenters. The van der Waals surface area contributed by atoms with Crippen molar-refractivity contribution in [3.05, 3.63) is 29.3 Å². The van der Waals surface area contributed by atoms with Crippen molar-refractivity contribution in [2.45, 2.75) is 13.3 Å². The number of quaternary nitrogens is 1. The van der Waals surface area contributed by atoms with Crippen molar-refractivity contribution in [2.75, 3.05) is 46.5 Å². The second-order valence-corrected chi connectivity index (χ2v) is 5.67. The zero-order valence-corrected chi connectivity index (χ0v) is 15.8. The number of hydrogen-bond donors (Lipinski definition) is 0. The Morgan fingerprint density at radius 1 is 1.33 bits per heavy atom. The maximum Gasteiger partial charge on any atom is 0.140 e. The number of para-hydroxylation sites is 1. The molecule has 5 heteroatoms. The average molecular weight is 364 g/mol. The van der Waals surface area contributed by atoms with Crippen LogP contribution in [0.2, 0.25) is 0 Å². The van der Waals surface area contributed by atoms with Crippen LogP contribution in [0.4, 0.5) is 0 Å². The van der Waals surface area contributed by atoms with E-state index in [0.29, 0.717) is 12.2 Å². The Morgan fingerprint density at radius 2 is 2.14 bits per heavy atom. The zero-order chi connectivity index (χ0) is 14.4. The number of likely N-dealkylation sites (N-methyl/N-ethyl adjacent to an activating group) is 1. The third-order valence-electron chi connectivity index (χ3n) is 3.97. The fourth-order valence-corrected chi connectivity index (χ4v) is 2.57. The van der Waals surface area contributed by atoms with Crippen LogP contribution in [-0.4, -0.2) is 51.0 Å². The van der Waals surface area contributed by atoms with E-state index >= 15 is 0 Å². The maximum absolute atomic E-state index is 9.13. The minimum absolute atomic E-state index is 0. The number of rotatable bonds is 4. The molecule has 0 aliphatic carbocycles. The Balaban J connectivity index is 0.00000220. The van der Waals surface area contributed by atoms with Crippen LogP contribution >= 0.6 is 0 Å². The number of benzene rings is 1. The summed E-state index contributed by atoms with van der Waals surface area (Å²) >= 11 is 0. The van der Waals surface area contributed by atoms with E-state index < -0.39 is 0 Å². The Labute approximate surface area is 152 Å². The molecule has 0 amide bonds. The summed E-state index contributed by atoms with van der Waals surface area (Å²) in [5, 5.41) is 9.13. The van der Waals surface area contributed by atoms with Crippen molar-refractivity contribution in [3.8, 4) is 11.8 Å². The fourth-order valence-electron chi connectivity index (χ4n) is 2.57. The van der Waals surface area contributed by atoms with Gasteiger partial charge in [0, 0.05) is 39.1 Å². The SMILES string of the molecule is Cc1cccc(C#N)c1OCC[N+]1(C)CCCOCC1.[Y]. The Hall–Kier alpha value is -0.466. The van der Waals surface area contributed by atoms with Crippen LogP contribution in [-0.2, 0) is 37.4 Å². The van der Waals surface area contributed by atoms with Gasteiger partial charge in [0.25, 0.3) is 0 Å². The molecule has 0 spiro atoms. The van der Waals surface area contributed by atoms with Crippen molar-refractivity contribution in [2.24, 2.45) is 0 Å². The summed E-state index contributed by atoms with van der Waals surface area (Å²) in [7, 11) is 2.25. The molecule has 1 heterocycles. The van der Waals surface area contributed by atoms with Gasteiger partial charge in [-0.05, 0) is 18.6 Å². The quantitative estimate of drug-likeness (QED) is 0.769. The van der Waals surface area contributed by atoms with Gasteiger partial charge in [0.2, 0.25) is 0 Å². The van der Waals surface area contributed by atoms with E-state index in [1.54, 1.807) is 6.07 Å². The Morgan fingerprint density at radius 3 is 2.90 bits per heavy atom. The zero-order valence-electron chi connectivity index (χ0n) is 13.0. The smallest absolute Gasteiger partial charge is 0.140 e. The molecule has 21 heavy (non-hydrogen) atoms. The minimum atomic E-state index is 0. The molecule has 1 aromatic carbocycles. The third kappa shape index (κ3) is 5.34. The molecule has 1 saturated heterocycles. The van der Waals surface area contributed by atoms with Crippen LogP contribution < -0.4 is 4.74 Å². The van der Waals surface area contributed by atoms with Crippen LogP contribution in [0.3, 0.4) is 0 Å². The molecule has 1 fully saturated rings. The van der Waals surface area contributed by atoms with E-state index in [9.17, 15) is 0 Å². The molecular weight excluding hydrogens is 341 g/mol. The molecule has 111 valence electrons. The standard InChI is InChI=1S/C16H23N2O2.Y/c1-14-5-3-6-15(13-17)16(14)20-12-9-18(2)7-4-10-19-11-8-18;/h3,5-6H,4,7-12H2,1-2H3;/q+1;. The van der Waals surface area contributed by atoms with Gasteiger partial charge in [-0.1, -0.05) is 12.1 Å². The summed E-state index contributed by atoms with van der Waals surface area (Å²) in [5.41, 5.74) is 1.64. The Kier molecular flexibility index (Phi) is 7.83. The van der Waals surface area contributed by atoms with Crippen molar-refractivity contribution < 1.29 is 46.7 Å². The van der Waals surface area contributed by atoms with E-state index in [1.165, 1.54) is 0 Å². The van der Waals surface area contributed by atoms with Crippen molar-refractivity contribution >= 4 is 0 Å². The number of hydrogen-bond acceptors (Lipinski definition) is 3. The van der Waals surface area contributed by atoms with Gasteiger partial charge in [-0.25, -0.2) is 0 Å². The second-order valence-electron chi connectivity index (χ2n) is 5.67. The van der Waals surface area contributed by atoms with Crippen molar-refractivity contribution in [1.29, 1.82) is 5.26 Å². The first-order valence-electron chi connectivity index (χ1n) is 7.18. The summed E-state index contributed by atoms with van der Waals surface area (Å²) in [6.45, 7) is 7.41. The largest absolute Gasteiger partial charge is 0.486 e. The van der Waals surface area contributed by atoms with Crippen LogP contribution in [0.25, 0.3) is 0 Å². The van der Waals surface area contributed by atoms with Gasteiger partial charge in [0.05, 0.1) is 32.4 Å².